The van der Waals surface area contributed by atoms with Crippen LogP contribution in [0.4, 0.5) is 0 Å². The van der Waals surface area contributed by atoms with Gasteiger partial charge in [-0.25, -0.2) is 14.8 Å². The lowest BCUT2D eigenvalue weighted by molar-refractivity contribution is 0.0689. The average Bonchev–Trinajstić information content (AvgIpc) is 2.94. The predicted molar refractivity (Wildman–Crippen MR) is 54.0 cm³/mol. The number of rotatable bonds is 3. The minimum atomic E-state index is -1.16. The zero-order valence-corrected chi connectivity index (χ0v) is 8.67. The van der Waals surface area contributed by atoms with Gasteiger partial charge in [-0.2, -0.15) is 0 Å². The number of nitrogens with one attached hydrogen (secondary N) is 1. The normalized spacial score (nSPS) is 22.6. The predicted octanol–water partition coefficient (Wildman–Crippen LogP) is 0.313. The van der Waals surface area contributed by atoms with E-state index in [1.165, 1.54) is 6.20 Å². The third-order valence-corrected chi connectivity index (χ3v) is 2.53. The molecular weight excluding hydrogens is 210 g/mol. The lowest BCUT2D eigenvalue weighted by atomic mass is 10.3. The number of amides is 1. The Hall–Kier alpha value is -1.98. The summed E-state index contributed by atoms with van der Waals surface area (Å²) in [5.41, 5.74) is -0.0274. The summed E-state index contributed by atoms with van der Waals surface area (Å²) in [6, 6.07) is 0.216. The highest BCUT2D eigenvalue weighted by Crippen LogP contribution is 2.29. The average molecular weight is 221 g/mol. The van der Waals surface area contributed by atoms with Gasteiger partial charge in [0.25, 0.3) is 5.91 Å². The molecule has 1 saturated carbocycles. The first-order valence-corrected chi connectivity index (χ1v) is 4.94. The van der Waals surface area contributed by atoms with Gasteiger partial charge in [0.1, 0.15) is 5.69 Å². The highest BCUT2D eigenvalue weighted by Gasteiger charge is 2.34. The fourth-order valence-corrected chi connectivity index (χ4v) is 1.32. The van der Waals surface area contributed by atoms with E-state index < -0.39 is 5.97 Å². The van der Waals surface area contributed by atoms with Crippen molar-refractivity contribution in [2.45, 2.75) is 19.4 Å². The largest absolute Gasteiger partial charge is 0.476 e. The Morgan fingerprint density at radius 2 is 1.94 bits per heavy atom. The molecule has 84 valence electrons. The first-order chi connectivity index (χ1) is 7.58. The van der Waals surface area contributed by atoms with E-state index in [4.69, 9.17) is 5.11 Å². The molecule has 0 radical (unpaired) electrons. The highest BCUT2D eigenvalue weighted by atomic mass is 16.4. The molecule has 1 aliphatic carbocycles. The zero-order valence-electron chi connectivity index (χ0n) is 8.67. The number of aromatic nitrogens is 2. The summed E-state index contributed by atoms with van der Waals surface area (Å²) in [5, 5.41) is 11.4. The van der Waals surface area contributed by atoms with E-state index in [0.29, 0.717) is 5.92 Å². The number of carbonyl (C=O) groups is 2. The summed E-state index contributed by atoms with van der Waals surface area (Å²) >= 11 is 0. The maximum absolute atomic E-state index is 11.6. The molecule has 1 aromatic rings. The van der Waals surface area contributed by atoms with Crippen LogP contribution >= 0.6 is 0 Å². The van der Waals surface area contributed by atoms with E-state index in [1.807, 2.05) is 6.92 Å². The second-order valence-corrected chi connectivity index (χ2v) is 3.88. The molecule has 2 unspecified atom stereocenters. The van der Waals surface area contributed by atoms with Crippen molar-refractivity contribution in [1.29, 1.82) is 0 Å². The highest BCUT2D eigenvalue weighted by molar-refractivity contribution is 5.93. The third kappa shape index (κ3) is 2.16. The Kier molecular flexibility index (Phi) is 2.55. The molecule has 1 heterocycles. The minimum absolute atomic E-state index is 0.143. The number of nitrogens with zero attached hydrogens (tertiary/aromatic N) is 2. The summed E-state index contributed by atoms with van der Waals surface area (Å²) in [4.78, 5) is 29.4. The van der Waals surface area contributed by atoms with Crippen molar-refractivity contribution in [3.8, 4) is 0 Å². The Labute approximate surface area is 91.7 Å². The molecule has 1 fully saturated rings. The van der Waals surface area contributed by atoms with Crippen molar-refractivity contribution in [2.24, 2.45) is 5.92 Å². The molecule has 6 heteroatoms. The van der Waals surface area contributed by atoms with Crippen molar-refractivity contribution in [2.75, 3.05) is 0 Å². The standard InChI is InChI=1S/C10H11N3O3/c1-5-2-6(5)13-9(14)7-3-12-8(4-11-7)10(15)16/h3-6H,2H2,1H3,(H,13,14)(H,15,16). The van der Waals surface area contributed by atoms with E-state index in [-0.39, 0.29) is 23.3 Å². The molecule has 2 atom stereocenters. The van der Waals surface area contributed by atoms with Crippen LogP contribution in [0.2, 0.25) is 0 Å². The summed E-state index contributed by atoms with van der Waals surface area (Å²) < 4.78 is 0. The molecule has 2 N–H and O–H groups in total. The van der Waals surface area contributed by atoms with Crippen LogP contribution in [0.15, 0.2) is 12.4 Å². The van der Waals surface area contributed by atoms with Gasteiger partial charge in [-0.05, 0) is 12.3 Å². The van der Waals surface area contributed by atoms with E-state index in [1.54, 1.807) is 0 Å². The molecule has 2 rings (SSSR count). The molecule has 0 bridgehead atoms. The number of carboxylic acids is 1. The molecule has 6 nitrogen and oxygen atoms in total. The van der Waals surface area contributed by atoms with Crippen LogP contribution in [0.5, 0.6) is 0 Å². The van der Waals surface area contributed by atoms with Gasteiger partial charge in [0.15, 0.2) is 5.69 Å². The molecular formula is C10H11N3O3. The van der Waals surface area contributed by atoms with Crippen molar-refractivity contribution in [3.05, 3.63) is 23.8 Å². The lowest BCUT2D eigenvalue weighted by Crippen LogP contribution is -2.27. The third-order valence-electron chi connectivity index (χ3n) is 2.53. The Balaban J connectivity index is 2.03. The molecule has 1 aromatic heterocycles. The molecule has 1 aliphatic rings. The maximum atomic E-state index is 11.6. The number of aromatic carboxylic acids is 1. The van der Waals surface area contributed by atoms with Gasteiger partial charge in [0.2, 0.25) is 0 Å². The summed E-state index contributed by atoms with van der Waals surface area (Å²) in [6.45, 7) is 2.05. The smallest absolute Gasteiger partial charge is 0.356 e. The minimum Gasteiger partial charge on any atom is -0.476 e. The van der Waals surface area contributed by atoms with E-state index in [9.17, 15) is 9.59 Å². The van der Waals surface area contributed by atoms with Crippen LogP contribution in [0.3, 0.4) is 0 Å². The zero-order chi connectivity index (χ0) is 11.7. The fourth-order valence-electron chi connectivity index (χ4n) is 1.32. The summed E-state index contributed by atoms with van der Waals surface area (Å²) in [6.07, 6.45) is 3.23. The quantitative estimate of drug-likeness (QED) is 0.766. The Morgan fingerprint density at radius 3 is 2.38 bits per heavy atom. The molecule has 0 aliphatic heterocycles. The Bertz CT molecular complexity index is 429. The first-order valence-electron chi connectivity index (χ1n) is 4.94. The number of carboxylic acid groups (broad SMARTS) is 1. The van der Waals surface area contributed by atoms with Crippen LogP contribution < -0.4 is 5.32 Å². The second kappa shape index (κ2) is 3.88. The Morgan fingerprint density at radius 1 is 1.38 bits per heavy atom. The molecule has 1 amide bonds. The molecule has 16 heavy (non-hydrogen) atoms. The van der Waals surface area contributed by atoms with Crippen LogP contribution in [0.25, 0.3) is 0 Å². The number of carbonyl (C=O) groups excluding carboxylic acids is 1. The number of hydrogen-bond donors (Lipinski definition) is 2. The lowest BCUT2D eigenvalue weighted by Gasteiger charge is -2.02. The fraction of sp³-hybridized carbons (Fsp3) is 0.400. The van der Waals surface area contributed by atoms with Gasteiger partial charge in [0, 0.05) is 6.04 Å². The van der Waals surface area contributed by atoms with Gasteiger partial charge >= 0.3 is 5.97 Å². The van der Waals surface area contributed by atoms with Crippen LogP contribution in [-0.2, 0) is 0 Å². The van der Waals surface area contributed by atoms with Gasteiger partial charge in [0.05, 0.1) is 12.4 Å². The topological polar surface area (TPSA) is 92.2 Å². The van der Waals surface area contributed by atoms with Gasteiger partial charge in [-0.3, -0.25) is 4.79 Å². The SMILES string of the molecule is CC1CC1NC(=O)c1cnc(C(=O)O)cn1. The van der Waals surface area contributed by atoms with Gasteiger partial charge in [-0.15, -0.1) is 0 Å². The van der Waals surface area contributed by atoms with Crippen molar-refractivity contribution >= 4 is 11.9 Å². The molecule has 0 saturated heterocycles. The van der Waals surface area contributed by atoms with Crippen LogP contribution in [-0.4, -0.2) is 33.0 Å². The van der Waals surface area contributed by atoms with E-state index in [0.717, 1.165) is 12.6 Å². The second-order valence-electron chi connectivity index (χ2n) is 3.88. The molecule has 0 aromatic carbocycles. The summed E-state index contributed by atoms with van der Waals surface area (Å²) in [5.74, 6) is -0.954. The molecule has 0 spiro atoms. The summed E-state index contributed by atoms with van der Waals surface area (Å²) in [7, 11) is 0. The number of hydrogen-bond acceptors (Lipinski definition) is 4. The van der Waals surface area contributed by atoms with Crippen LogP contribution in [0, 0.1) is 5.92 Å². The van der Waals surface area contributed by atoms with Gasteiger partial charge < -0.3 is 10.4 Å². The van der Waals surface area contributed by atoms with E-state index >= 15 is 0 Å². The van der Waals surface area contributed by atoms with E-state index in [2.05, 4.69) is 15.3 Å². The van der Waals surface area contributed by atoms with Gasteiger partial charge in [-0.1, -0.05) is 6.92 Å². The van der Waals surface area contributed by atoms with Crippen molar-refractivity contribution < 1.29 is 14.7 Å². The van der Waals surface area contributed by atoms with Crippen LogP contribution in [0.1, 0.15) is 34.3 Å². The monoisotopic (exact) mass is 221 g/mol. The first kappa shape index (κ1) is 10.5. The van der Waals surface area contributed by atoms with Crippen molar-refractivity contribution in [3.63, 3.8) is 0 Å². The maximum Gasteiger partial charge on any atom is 0.356 e. The van der Waals surface area contributed by atoms with Crippen molar-refractivity contribution in [1.82, 2.24) is 15.3 Å².